The molecule has 0 saturated carbocycles. The molecule has 0 unspecified atom stereocenters. The van der Waals surface area contributed by atoms with Crippen molar-refractivity contribution in [2.24, 2.45) is 0 Å². The van der Waals surface area contributed by atoms with Crippen molar-refractivity contribution >= 4 is 44.5 Å². The van der Waals surface area contributed by atoms with Crippen molar-refractivity contribution < 1.29 is 26.8 Å². The first-order valence-electron chi connectivity index (χ1n) is 9.87. The van der Waals surface area contributed by atoms with Gasteiger partial charge in [0.15, 0.2) is 5.58 Å². The molecule has 33 heavy (non-hydrogen) atoms. The van der Waals surface area contributed by atoms with Gasteiger partial charge in [-0.25, -0.2) is 13.4 Å². The highest BCUT2D eigenvalue weighted by molar-refractivity contribution is 7.99. The molecule has 2 heterocycles. The lowest BCUT2D eigenvalue weighted by Gasteiger charge is -2.10. The Morgan fingerprint density at radius 2 is 1.97 bits per heavy atom. The number of carbonyl (C=O) groups is 1. The number of rotatable bonds is 9. The van der Waals surface area contributed by atoms with Crippen molar-refractivity contribution in [2.75, 3.05) is 17.6 Å². The van der Waals surface area contributed by atoms with Gasteiger partial charge in [0, 0.05) is 5.69 Å². The molecule has 0 radical (unpaired) electrons. The maximum atomic E-state index is 12.8. The van der Waals surface area contributed by atoms with E-state index < -0.39 is 10.0 Å². The van der Waals surface area contributed by atoms with Gasteiger partial charge in [-0.05, 0) is 61.5 Å². The summed E-state index contributed by atoms with van der Waals surface area (Å²) in [6.07, 6.45) is 1.55. The van der Waals surface area contributed by atoms with E-state index >= 15 is 0 Å². The molecule has 1 amide bonds. The minimum atomic E-state index is -3.83. The summed E-state index contributed by atoms with van der Waals surface area (Å²) in [5, 5.41) is 3.09. The average Bonchev–Trinajstić information content (AvgIpc) is 3.47. The molecule has 4 aromatic rings. The van der Waals surface area contributed by atoms with Gasteiger partial charge in [-0.3, -0.25) is 9.52 Å². The number of ether oxygens (including phenoxy) is 1. The van der Waals surface area contributed by atoms with Crippen LogP contribution in [0.3, 0.4) is 0 Å². The van der Waals surface area contributed by atoms with Crippen LogP contribution in [0.25, 0.3) is 11.1 Å². The Labute approximate surface area is 194 Å². The predicted octanol–water partition coefficient (Wildman–Crippen LogP) is 4.20. The van der Waals surface area contributed by atoms with E-state index in [0.717, 1.165) is 11.8 Å². The third kappa shape index (κ3) is 5.49. The van der Waals surface area contributed by atoms with Crippen molar-refractivity contribution in [3.63, 3.8) is 0 Å². The summed E-state index contributed by atoms with van der Waals surface area (Å²) in [5.41, 5.74) is 1.20. The average molecular weight is 488 g/mol. The van der Waals surface area contributed by atoms with Crippen LogP contribution < -0.4 is 14.8 Å². The molecule has 1 atom stereocenters. The van der Waals surface area contributed by atoms with Crippen LogP contribution in [0.2, 0.25) is 0 Å². The molecule has 9 nitrogen and oxygen atoms in total. The Bertz CT molecular complexity index is 1350. The molecule has 0 spiro atoms. The van der Waals surface area contributed by atoms with Crippen LogP contribution in [0, 0.1) is 0 Å². The zero-order valence-electron chi connectivity index (χ0n) is 17.8. The van der Waals surface area contributed by atoms with Crippen LogP contribution in [0.1, 0.15) is 18.7 Å². The molecule has 2 N–H and O–H groups in total. The Balaban J connectivity index is 1.41. The van der Waals surface area contributed by atoms with E-state index in [1.54, 1.807) is 42.7 Å². The molecular formula is C22H21N3O6S2. The zero-order valence-corrected chi connectivity index (χ0v) is 19.4. The van der Waals surface area contributed by atoms with E-state index in [1.165, 1.54) is 25.3 Å². The highest BCUT2D eigenvalue weighted by atomic mass is 32.2. The molecule has 0 bridgehead atoms. The number of hydrogen-bond donors (Lipinski definition) is 2. The van der Waals surface area contributed by atoms with Crippen molar-refractivity contribution in [1.82, 2.24) is 10.3 Å². The van der Waals surface area contributed by atoms with Crippen LogP contribution in [0.4, 0.5) is 5.69 Å². The van der Waals surface area contributed by atoms with Gasteiger partial charge in [0.25, 0.3) is 15.2 Å². The molecule has 172 valence electrons. The smallest absolute Gasteiger partial charge is 0.261 e. The summed E-state index contributed by atoms with van der Waals surface area (Å²) in [7, 11) is -2.29. The van der Waals surface area contributed by atoms with E-state index in [4.69, 9.17) is 13.6 Å². The number of anilines is 1. The van der Waals surface area contributed by atoms with E-state index in [-0.39, 0.29) is 27.8 Å². The van der Waals surface area contributed by atoms with Gasteiger partial charge >= 0.3 is 0 Å². The van der Waals surface area contributed by atoms with Gasteiger partial charge in [-0.15, -0.1) is 0 Å². The van der Waals surface area contributed by atoms with Gasteiger partial charge < -0.3 is 18.9 Å². The molecule has 2 aromatic heterocycles. The molecule has 11 heteroatoms. The summed E-state index contributed by atoms with van der Waals surface area (Å²) in [6.45, 7) is 1.82. The number of benzene rings is 2. The number of aromatic nitrogens is 1. The number of carbonyl (C=O) groups excluding carboxylic acids is 1. The van der Waals surface area contributed by atoms with Crippen LogP contribution >= 0.6 is 11.8 Å². The van der Waals surface area contributed by atoms with Crippen LogP contribution in [0.15, 0.2) is 79.8 Å². The lowest BCUT2D eigenvalue weighted by atomic mass is 10.2. The standard InChI is InChI=1S/C22H21N3O6S2/c1-14(19-4-3-11-30-19)23-21(26)13-32-22-24-18-12-17(9-10-20(18)31-22)33(27,28)25-15-5-7-16(29-2)8-6-15/h3-12,14,25H,13H2,1-2H3,(H,23,26)/t14-/m0/s1. The molecule has 0 aliphatic rings. The number of hydrogen-bond acceptors (Lipinski definition) is 8. The quantitative estimate of drug-likeness (QED) is 0.337. The van der Waals surface area contributed by atoms with Crippen LogP contribution in [-0.2, 0) is 14.8 Å². The largest absolute Gasteiger partial charge is 0.497 e. The molecule has 0 fully saturated rings. The Morgan fingerprint density at radius 3 is 2.67 bits per heavy atom. The fourth-order valence-corrected chi connectivity index (χ4v) is 4.74. The number of fused-ring (bicyclic) bond motifs is 1. The van der Waals surface area contributed by atoms with Crippen LogP contribution in [-0.4, -0.2) is 32.2 Å². The Morgan fingerprint density at radius 1 is 1.18 bits per heavy atom. The van der Waals surface area contributed by atoms with Crippen molar-refractivity contribution in [1.29, 1.82) is 0 Å². The van der Waals surface area contributed by atoms with Gasteiger partial charge in [0.05, 0.1) is 30.1 Å². The fraction of sp³-hybridized carbons (Fsp3) is 0.182. The lowest BCUT2D eigenvalue weighted by Crippen LogP contribution is -2.27. The van der Waals surface area contributed by atoms with Gasteiger partial charge in [0.2, 0.25) is 5.91 Å². The molecule has 0 aliphatic heterocycles. The summed E-state index contributed by atoms with van der Waals surface area (Å²) >= 11 is 1.12. The minimum Gasteiger partial charge on any atom is -0.497 e. The zero-order chi connectivity index (χ0) is 23.4. The molecular weight excluding hydrogens is 466 g/mol. The number of nitrogens with one attached hydrogen (secondary N) is 2. The second kappa shape index (κ2) is 9.59. The van der Waals surface area contributed by atoms with Gasteiger partial charge in [0.1, 0.15) is 17.0 Å². The normalized spacial score (nSPS) is 12.4. The first kappa shape index (κ1) is 22.7. The lowest BCUT2D eigenvalue weighted by molar-refractivity contribution is -0.119. The first-order valence-corrected chi connectivity index (χ1v) is 12.3. The molecule has 0 aliphatic carbocycles. The summed E-state index contributed by atoms with van der Waals surface area (Å²) in [5.74, 6) is 1.16. The number of amides is 1. The highest BCUT2D eigenvalue weighted by Gasteiger charge is 2.18. The van der Waals surface area contributed by atoms with E-state index in [0.29, 0.717) is 28.3 Å². The SMILES string of the molecule is COc1ccc(NS(=O)(=O)c2ccc3oc(SCC(=O)N[C@@H](C)c4ccco4)nc3c2)cc1. The Hall–Kier alpha value is -3.44. The van der Waals surface area contributed by atoms with E-state index in [9.17, 15) is 13.2 Å². The van der Waals surface area contributed by atoms with Crippen LogP contribution in [0.5, 0.6) is 5.75 Å². The summed E-state index contributed by atoms with van der Waals surface area (Å²) in [6, 6.07) is 14.2. The number of furan rings is 1. The topological polar surface area (TPSA) is 124 Å². The van der Waals surface area contributed by atoms with E-state index in [2.05, 4.69) is 15.0 Å². The van der Waals surface area contributed by atoms with Crippen molar-refractivity contribution in [2.45, 2.75) is 23.1 Å². The monoisotopic (exact) mass is 487 g/mol. The highest BCUT2D eigenvalue weighted by Crippen LogP contribution is 2.27. The second-order valence-electron chi connectivity index (χ2n) is 7.04. The number of oxazole rings is 1. The first-order chi connectivity index (χ1) is 15.8. The summed E-state index contributed by atoms with van der Waals surface area (Å²) in [4.78, 5) is 16.5. The van der Waals surface area contributed by atoms with Crippen molar-refractivity contribution in [3.8, 4) is 5.75 Å². The fourth-order valence-electron chi connectivity index (χ4n) is 3.01. The molecule has 4 rings (SSSR count). The number of thioether (sulfide) groups is 1. The van der Waals surface area contributed by atoms with Gasteiger partial charge in [-0.2, -0.15) is 0 Å². The predicted molar refractivity (Wildman–Crippen MR) is 124 cm³/mol. The number of sulfonamides is 1. The maximum absolute atomic E-state index is 12.8. The minimum absolute atomic E-state index is 0.0423. The Kier molecular flexibility index (Phi) is 6.61. The molecule has 2 aromatic carbocycles. The third-order valence-corrected chi connectivity index (χ3v) is 6.87. The number of nitrogens with zero attached hydrogens (tertiary/aromatic N) is 1. The maximum Gasteiger partial charge on any atom is 0.261 e. The second-order valence-corrected chi connectivity index (χ2v) is 9.65. The molecule has 0 saturated heterocycles. The van der Waals surface area contributed by atoms with Crippen molar-refractivity contribution in [3.05, 3.63) is 66.6 Å². The number of methoxy groups -OCH3 is 1. The van der Waals surface area contributed by atoms with E-state index in [1.807, 2.05) is 6.92 Å². The summed E-state index contributed by atoms with van der Waals surface area (Å²) < 4.78 is 44.0. The third-order valence-electron chi connectivity index (χ3n) is 4.67. The van der Waals surface area contributed by atoms with Gasteiger partial charge in [-0.1, -0.05) is 11.8 Å².